The average Bonchev–Trinajstić information content (AvgIpc) is 2.51. The fourth-order valence-electron chi connectivity index (χ4n) is 1.84. The summed E-state index contributed by atoms with van der Waals surface area (Å²) in [5, 5.41) is 6.07. The zero-order valence-corrected chi connectivity index (χ0v) is 14.2. The van der Waals surface area contributed by atoms with Crippen LogP contribution in [0.2, 0.25) is 0 Å². The second kappa shape index (κ2) is 8.87. The van der Waals surface area contributed by atoms with Gasteiger partial charge in [0.05, 0.1) is 5.75 Å². The van der Waals surface area contributed by atoms with Crippen molar-refractivity contribution in [3.63, 3.8) is 0 Å². The van der Waals surface area contributed by atoms with Crippen molar-refractivity contribution in [1.29, 1.82) is 0 Å². The Kier molecular flexibility index (Phi) is 7.50. The number of amides is 1. The van der Waals surface area contributed by atoms with Gasteiger partial charge >= 0.3 is 0 Å². The number of benzene rings is 1. The highest BCUT2D eigenvalue weighted by molar-refractivity contribution is 7.89. The van der Waals surface area contributed by atoms with Crippen LogP contribution in [-0.4, -0.2) is 39.2 Å². The van der Waals surface area contributed by atoms with Crippen molar-refractivity contribution >= 4 is 15.9 Å². The van der Waals surface area contributed by atoms with Gasteiger partial charge in [0.15, 0.2) is 0 Å². The van der Waals surface area contributed by atoms with Crippen molar-refractivity contribution in [1.82, 2.24) is 15.4 Å². The first-order valence-electron chi connectivity index (χ1n) is 7.45. The van der Waals surface area contributed by atoms with Crippen LogP contribution in [-0.2, 0) is 16.6 Å². The highest BCUT2D eigenvalue weighted by Crippen LogP contribution is 2.05. The van der Waals surface area contributed by atoms with E-state index in [0.29, 0.717) is 12.1 Å². The molecule has 124 valence electrons. The van der Waals surface area contributed by atoms with E-state index >= 15 is 0 Å². The molecule has 1 amide bonds. The Morgan fingerprint density at radius 3 is 2.36 bits per heavy atom. The van der Waals surface area contributed by atoms with Crippen molar-refractivity contribution in [3.05, 3.63) is 35.4 Å². The van der Waals surface area contributed by atoms with Crippen LogP contribution in [0.4, 0.5) is 0 Å². The predicted octanol–water partition coefficient (Wildman–Crippen LogP) is 0.854. The number of likely N-dealkylation sites (N-methyl/N-ethyl adjacent to an activating group) is 1. The standard InChI is InChI=1S/C15H25N3O3S/c1-4-16-12(3)10-17-15(19)14-8-6-13(7-9-14)11-18-22(20,21)5-2/h6-9,12,16,18H,4-5,10-11H2,1-3H3,(H,17,19)/t12-/m1/s1. The summed E-state index contributed by atoms with van der Waals surface area (Å²) < 4.78 is 25.2. The Morgan fingerprint density at radius 2 is 1.82 bits per heavy atom. The molecule has 0 radical (unpaired) electrons. The SMILES string of the molecule is CCN[C@H](C)CNC(=O)c1ccc(CNS(=O)(=O)CC)cc1. The second-order valence-electron chi connectivity index (χ2n) is 5.09. The molecule has 0 spiro atoms. The topological polar surface area (TPSA) is 87.3 Å². The Labute approximate surface area is 132 Å². The van der Waals surface area contributed by atoms with E-state index in [9.17, 15) is 13.2 Å². The van der Waals surface area contributed by atoms with Gasteiger partial charge in [-0.2, -0.15) is 0 Å². The summed E-state index contributed by atoms with van der Waals surface area (Å²) in [6.07, 6.45) is 0. The van der Waals surface area contributed by atoms with E-state index < -0.39 is 10.0 Å². The molecule has 0 fully saturated rings. The summed E-state index contributed by atoms with van der Waals surface area (Å²) in [6.45, 7) is 7.26. The predicted molar refractivity (Wildman–Crippen MR) is 88.2 cm³/mol. The smallest absolute Gasteiger partial charge is 0.251 e. The maximum atomic E-state index is 12.0. The number of nitrogens with one attached hydrogen (secondary N) is 3. The van der Waals surface area contributed by atoms with E-state index in [1.807, 2.05) is 13.8 Å². The number of rotatable bonds is 9. The van der Waals surface area contributed by atoms with Gasteiger partial charge in [-0.25, -0.2) is 13.1 Å². The van der Waals surface area contributed by atoms with Crippen molar-refractivity contribution in [2.45, 2.75) is 33.4 Å². The lowest BCUT2D eigenvalue weighted by molar-refractivity contribution is 0.0950. The number of hydrogen-bond donors (Lipinski definition) is 3. The van der Waals surface area contributed by atoms with E-state index in [-0.39, 0.29) is 24.2 Å². The van der Waals surface area contributed by atoms with Gasteiger partial charge in [-0.15, -0.1) is 0 Å². The van der Waals surface area contributed by atoms with Crippen molar-refractivity contribution in [2.75, 3.05) is 18.8 Å². The summed E-state index contributed by atoms with van der Waals surface area (Å²) in [6, 6.07) is 7.12. The van der Waals surface area contributed by atoms with Gasteiger partial charge in [0.25, 0.3) is 5.91 Å². The van der Waals surface area contributed by atoms with Crippen LogP contribution >= 0.6 is 0 Å². The third-order valence-corrected chi connectivity index (χ3v) is 4.56. The number of hydrogen-bond acceptors (Lipinski definition) is 4. The molecule has 0 aliphatic rings. The number of carbonyl (C=O) groups is 1. The second-order valence-corrected chi connectivity index (χ2v) is 7.19. The molecule has 1 atom stereocenters. The van der Waals surface area contributed by atoms with Crippen LogP contribution in [0, 0.1) is 0 Å². The maximum absolute atomic E-state index is 12.0. The molecule has 6 nitrogen and oxygen atoms in total. The molecular weight excluding hydrogens is 302 g/mol. The van der Waals surface area contributed by atoms with Gasteiger partial charge in [-0.05, 0) is 38.1 Å². The maximum Gasteiger partial charge on any atom is 0.251 e. The molecule has 0 unspecified atom stereocenters. The molecular formula is C15H25N3O3S. The van der Waals surface area contributed by atoms with Gasteiger partial charge in [0.1, 0.15) is 0 Å². The molecule has 0 aromatic heterocycles. The monoisotopic (exact) mass is 327 g/mol. The minimum atomic E-state index is -3.20. The van der Waals surface area contributed by atoms with Crippen molar-refractivity contribution in [2.24, 2.45) is 0 Å². The molecule has 0 heterocycles. The first-order valence-corrected chi connectivity index (χ1v) is 9.11. The van der Waals surface area contributed by atoms with E-state index in [1.165, 1.54) is 0 Å². The molecule has 0 saturated carbocycles. The summed E-state index contributed by atoms with van der Waals surface area (Å²) in [7, 11) is -3.20. The van der Waals surface area contributed by atoms with Crippen LogP contribution in [0.3, 0.4) is 0 Å². The highest BCUT2D eigenvalue weighted by Gasteiger charge is 2.09. The largest absolute Gasteiger partial charge is 0.350 e. The van der Waals surface area contributed by atoms with Crippen LogP contribution in [0.25, 0.3) is 0 Å². The van der Waals surface area contributed by atoms with Gasteiger partial charge in [0, 0.05) is 24.7 Å². The molecule has 0 aliphatic carbocycles. The molecule has 3 N–H and O–H groups in total. The van der Waals surface area contributed by atoms with Crippen molar-refractivity contribution in [3.8, 4) is 0 Å². The first-order chi connectivity index (χ1) is 10.4. The lowest BCUT2D eigenvalue weighted by Gasteiger charge is -2.13. The summed E-state index contributed by atoms with van der Waals surface area (Å²) in [4.78, 5) is 12.0. The molecule has 22 heavy (non-hydrogen) atoms. The molecule has 0 saturated heterocycles. The molecule has 0 bridgehead atoms. The van der Waals surface area contributed by atoms with Gasteiger partial charge < -0.3 is 10.6 Å². The van der Waals surface area contributed by atoms with E-state index in [2.05, 4.69) is 15.4 Å². The lowest BCUT2D eigenvalue weighted by atomic mass is 10.1. The summed E-state index contributed by atoms with van der Waals surface area (Å²) in [5.74, 6) is -0.0808. The van der Waals surface area contributed by atoms with E-state index in [0.717, 1.165) is 12.1 Å². The fraction of sp³-hybridized carbons (Fsp3) is 0.533. The zero-order chi connectivity index (χ0) is 16.6. The average molecular weight is 327 g/mol. The van der Waals surface area contributed by atoms with E-state index in [4.69, 9.17) is 0 Å². The van der Waals surface area contributed by atoms with Crippen molar-refractivity contribution < 1.29 is 13.2 Å². The third kappa shape index (κ3) is 6.55. The zero-order valence-electron chi connectivity index (χ0n) is 13.3. The van der Waals surface area contributed by atoms with Crippen LogP contribution in [0.5, 0.6) is 0 Å². The van der Waals surface area contributed by atoms with E-state index in [1.54, 1.807) is 31.2 Å². The lowest BCUT2D eigenvalue weighted by Crippen LogP contribution is -2.38. The quantitative estimate of drug-likeness (QED) is 0.628. The van der Waals surface area contributed by atoms with Gasteiger partial charge in [-0.3, -0.25) is 4.79 Å². The van der Waals surface area contributed by atoms with Crippen LogP contribution < -0.4 is 15.4 Å². The van der Waals surface area contributed by atoms with Gasteiger partial charge in [-0.1, -0.05) is 19.1 Å². The Morgan fingerprint density at radius 1 is 1.18 bits per heavy atom. The highest BCUT2D eigenvalue weighted by atomic mass is 32.2. The minimum Gasteiger partial charge on any atom is -0.350 e. The molecule has 1 aromatic rings. The first kappa shape index (κ1) is 18.6. The van der Waals surface area contributed by atoms with Crippen LogP contribution in [0.1, 0.15) is 36.7 Å². The molecule has 1 rings (SSSR count). The normalized spacial score (nSPS) is 12.9. The molecule has 7 heteroatoms. The molecule has 0 aliphatic heterocycles. The Bertz CT molecular complexity index is 570. The Hall–Kier alpha value is -1.44. The van der Waals surface area contributed by atoms with Gasteiger partial charge in [0.2, 0.25) is 10.0 Å². The summed E-state index contributed by atoms with van der Waals surface area (Å²) in [5.41, 5.74) is 1.38. The number of sulfonamides is 1. The minimum absolute atomic E-state index is 0.0530. The number of carbonyl (C=O) groups excluding carboxylic acids is 1. The Balaban J connectivity index is 2.52. The van der Waals surface area contributed by atoms with Crippen LogP contribution in [0.15, 0.2) is 24.3 Å². The fourth-order valence-corrected chi connectivity index (χ4v) is 2.43. The summed E-state index contributed by atoms with van der Waals surface area (Å²) >= 11 is 0. The third-order valence-electron chi connectivity index (χ3n) is 3.21. The molecule has 1 aromatic carbocycles.